The Hall–Kier alpha value is -1.59. The summed E-state index contributed by atoms with van der Waals surface area (Å²) in [6.07, 6.45) is 0.915. The molecule has 1 unspecified atom stereocenters. The van der Waals surface area contributed by atoms with Crippen LogP contribution >= 0.6 is 0 Å². The number of hydrogen-bond donors (Lipinski definition) is 3. The molecule has 0 aromatic carbocycles. The summed E-state index contributed by atoms with van der Waals surface area (Å²) in [5, 5.41) is 7.95. The van der Waals surface area contributed by atoms with Gasteiger partial charge in [0.15, 0.2) is 0 Å². The molecule has 3 amide bonds. The van der Waals surface area contributed by atoms with E-state index in [1.807, 2.05) is 41.5 Å². The summed E-state index contributed by atoms with van der Waals surface area (Å²) in [5.41, 5.74) is -0.628. The van der Waals surface area contributed by atoms with Gasteiger partial charge >= 0.3 is 6.03 Å². The average molecular weight is 285 g/mol. The van der Waals surface area contributed by atoms with Crippen LogP contribution in [0.1, 0.15) is 48.0 Å². The van der Waals surface area contributed by atoms with E-state index >= 15 is 0 Å². The number of carbonyl (C=O) groups excluding carboxylic acids is 3. The molecular formula is C14H27N3O3. The zero-order chi connectivity index (χ0) is 16.0. The lowest BCUT2D eigenvalue weighted by Crippen LogP contribution is -2.49. The summed E-state index contributed by atoms with van der Waals surface area (Å²) in [4.78, 5) is 34.1. The maximum absolute atomic E-state index is 11.6. The highest BCUT2D eigenvalue weighted by Gasteiger charge is 2.25. The molecule has 0 saturated heterocycles. The van der Waals surface area contributed by atoms with Crippen LogP contribution in [0.15, 0.2) is 0 Å². The molecular weight excluding hydrogens is 258 g/mol. The van der Waals surface area contributed by atoms with Crippen molar-refractivity contribution in [3.05, 3.63) is 0 Å². The molecule has 6 heteroatoms. The monoisotopic (exact) mass is 285 g/mol. The van der Waals surface area contributed by atoms with Crippen molar-refractivity contribution in [3.8, 4) is 0 Å². The topological polar surface area (TPSA) is 87.3 Å². The quantitative estimate of drug-likeness (QED) is 0.663. The van der Waals surface area contributed by atoms with Gasteiger partial charge in [0.1, 0.15) is 6.29 Å². The van der Waals surface area contributed by atoms with E-state index in [1.54, 1.807) is 0 Å². The smallest absolute Gasteiger partial charge is 0.315 e. The van der Waals surface area contributed by atoms with Gasteiger partial charge in [-0.15, -0.1) is 0 Å². The van der Waals surface area contributed by atoms with Crippen LogP contribution in [0.3, 0.4) is 0 Å². The van der Waals surface area contributed by atoms with E-state index in [0.717, 1.165) is 0 Å². The van der Waals surface area contributed by atoms with Gasteiger partial charge in [-0.1, -0.05) is 20.8 Å². The van der Waals surface area contributed by atoms with E-state index in [-0.39, 0.29) is 29.8 Å². The standard InChI is InChI=1S/C14H27N3O3/c1-13(2,3)10(9-18)16-12(20)15-8-7-11(19)17-14(4,5)6/h9-10H,7-8H2,1-6H3,(H,17,19)(H2,15,16,20). The second-order valence-electron chi connectivity index (χ2n) is 6.93. The van der Waals surface area contributed by atoms with Crippen molar-refractivity contribution in [1.82, 2.24) is 16.0 Å². The van der Waals surface area contributed by atoms with Crippen LogP contribution < -0.4 is 16.0 Å². The van der Waals surface area contributed by atoms with Gasteiger partial charge < -0.3 is 20.7 Å². The predicted molar refractivity (Wildman–Crippen MR) is 78.4 cm³/mol. The summed E-state index contributed by atoms with van der Waals surface area (Å²) >= 11 is 0. The molecule has 0 heterocycles. The van der Waals surface area contributed by atoms with E-state index in [4.69, 9.17) is 0 Å². The molecule has 116 valence electrons. The van der Waals surface area contributed by atoms with Crippen molar-refractivity contribution >= 4 is 18.2 Å². The third kappa shape index (κ3) is 8.50. The average Bonchev–Trinajstić information content (AvgIpc) is 2.21. The molecule has 0 aliphatic rings. The molecule has 0 aliphatic heterocycles. The van der Waals surface area contributed by atoms with Gasteiger partial charge in [-0.3, -0.25) is 4.79 Å². The summed E-state index contributed by atoms with van der Waals surface area (Å²) in [7, 11) is 0. The first-order chi connectivity index (χ1) is 8.95. The number of aldehydes is 1. The minimum Gasteiger partial charge on any atom is -0.351 e. The number of amides is 3. The van der Waals surface area contributed by atoms with Gasteiger partial charge in [-0.2, -0.15) is 0 Å². The normalized spacial score (nSPS) is 13.3. The third-order valence-corrected chi connectivity index (χ3v) is 2.51. The van der Waals surface area contributed by atoms with Crippen LogP contribution in [0, 0.1) is 5.41 Å². The summed E-state index contributed by atoms with van der Waals surface area (Å²) in [6.45, 7) is 11.5. The third-order valence-electron chi connectivity index (χ3n) is 2.51. The first-order valence-corrected chi connectivity index (χ1v) is 6.76. The maximum Gasteiger partial charge on any atom is 0.315 e. The molecule has 0 fully saturated rings. The lowest BCUT2D eigenvalue weighted by molar-refractivity contribution is -0.122. The molecule has 0 aromatic heterocycles. The molecule has 1 atom stereocenters. The predicted octanol–water partition coefficient (Wildman–Crippen LogP) is 1.20. The molecule has 3 N–H and O–H groups in total. The van der Waals surface area contributed by atoms with E-state index in [1.165, 1.54) is 0 Å². The fourth-order valence-corrected chi connectivity index (χ4v) is 1.42. The van der Waals surface area contributed by atoms with Crippen molar-refractivity contribution in [2.24, 2.45) is 5.41 Å². The van der Waals surface area contributed by atoms with Gasteiger partial charge in [-0.25, -0.2) is 4.79 Å². The summed E-state index contributed by atoms with van der Waals surface area (Å²) in [6, 6.07) is -1.01. The number of carbonyl (C=O) groups is 3. The van der Waals surface area contributed by atoms with E-state index in [9.17, 15) is 14.4 Å². The van der Waals surface area contributed by atoms with Crippen LogP contribution in [0.5, 0.6) is 0 Å². The molecule has 20 heavy (non-hydrogen) atoms. The number of rotatable bonds is 5. The fraction of sp³-hybridized carbons (Fsp3) is 0.786. The highest BCUT2D eigenvalue weighted by molar-refractivity contribution is 5.80. The maximum atomic E-state index is 11.6. The minimum absolute atomic E-state index is 0.124. The molecule has 0 aromatic rings. The Morgan fingerprint density at radius 3 is 2.05 bits per heavy atom. The van der Waals surface area contributed by atoms with Crippen LogP contribution in [-0.4, -0.2) is 36.3 Å². The molecule has 0 radical (unpaired) electrons. The zero-order valence-corrected chi connectivity index (χ0v) is 13.3. The number of nitrogens with one attached hydrogen (secondary N) is 3. The largest absolute Gasteiger partial charge is 0.351 e. The van der Waals surface area contributed by atoms with Gasteiger partial charge in [0, 0.05) is 18.5 Å². The minimum atomic E-state index is -0.564. The van der Waals surface area contributed by atoms with Crippen LogP contribution in [0.2, 0.25) is 0 Å². The van der Waals surface area contributed by atoms with Gasteiger partial charge in [0.05, 0.1) is 6.04 Å². The lowest BCUT2D eigenvalue weighted by Gasteiger charge is -2.26. The van der Waals surface area contributed by atoms with Crippen molar-refractivity contribution < 1.29 is 14.4 Å². The second kappa shape index (κ2) is 7.26. The Morgan fingerprint density at radius 2 is 1.65 bits per heavy atom. The van der Waals surface area contributed by atoms with Gasteiger partial charge in [0.25, 0.3) is 0 Å². The van der Waals surface area contributed by atoms with Gasteiger partial charge in [-0.05, 0) is 26.2 Å². The molecule has 0 aliphatic carbocycles. The first-order valence-electron chi connectivity index (χ1n) is 6.76. The van der Waals surface area contributed by atoms with Crippen molar-refractivity contribution in [2.75, 3.05) is 6.54 Å². The van der Waals surface area contributed by atoms with E-state index in [2.05, 4.69) is 16.0 Å². The molecule has 0 saturated carbocycles. The molecule has 0 bridgehead atoms. The summed E-state index contributed by atoms with van der Waals surface area (Å²) in [5.74, 6) is -0.124. The highest BCUT2D eigenvalue weighted by Crippen LogP contribution is 2.17. The van der Waals surface area contributed by atoms with Crippen molar-refractivity contribution in [2.45, 2.75) is 59.5 Å². The molecule has 6 nitrogen and oxygen atoms in total. The Balaban J connectivity index is 4.06. The Labute approximate surface area is 121 Å². The van der Waals surface area contributed by atoms with Crippen molar-refractivity contribution in [1.29, 1.82) is 0 Å². The lowest BCUT2D eigenvalue weighted by atomic mass is 9.88. The first kappa shape index (κ1) is 18.4. The Morgan fingerprint density at radius 1 is 1.10 bits per heavy atom. The van der Waals surface area contributed by atoms with Gasteiger partial charge in [0.2, 0.25) is 5.91 Å². The number of urea groups is 1. The highest BCUT2D eigenvalue weighted by atomic mass is 16.2. The number of hydrogen-bond acceptors (Lipinski definition) is 3. The summed E-state index contributed by atoms with van der Waals surface area (Å²) < 4.78 is 0. The van der Waals surface area contributed by atoms with E-state index in [0.29, 0.717) is 6.29 Å². The second-order valence-corrected chi connectivity index (χ2v) is 6.93. The molecule has 0 rings (SSSR count). The molecule has 0 spiro atoms. The SMILES string of the molecule is CC(C)(C)NC(=O)CCNC(=O)NC(C=O)C(C)(C)C. The van der Waals surface area contributed by atoms with E-state index < -0.39 is 12.1 Å². The van der Waals surface area contributed by atoms with Crippen LogP contribution in [0.4, 0.5) is 4.79 Å². The Kier molecular flexibility index (Phi) is 6.68. The Bertz CT molecular complexity index is 354. The van der Waals surface area contributed by atoms with Crippen LogP contribution in [-0.2, 0) is 9.59 Å². The van der Waals surface area contributed by atoms with Crippen molar-refractivity contribution in [3.63, 3.8) is 0 Å². The fourth-order valence-electron chi connectivity index (χ4n) is 1.42. The zero-order valence-electron chi connectivity index (χ0n) is 13.3. The van der Waals surface area contributed by atoms with Crippen LogP contribution in [0.25, 0.3) is 0 Å².